The lowest BCUT2D eigenvalue weighted by molar-refractivity contribution is -0.123. The topological polar surface area (TPSA) is 212 Å². The van der Waals surface area contributed by atoms with E-state index in [4.69, 9.17) is 30.9 Å². The minimum atomic E-state index is -0.155. The third-order valence-electron chi connectivity index (χ3n) is 16.7. The number of aromatic nitrogens is 8. The molecule has 4 aromatic rings. The molecule has 17 heteroatoms. The number of nitrogens with zero attached hydrogens (tertiary/aromatic N) is 10. The van der Waals surface area contributed by atoms with Crippen LogP contribution in [0, 0.1) is 17.8 Å². The maximum atomic E-state index is 12.9. The van der Waals surface area contributed by atoms with Gasteiger partial charge in [-0.1, -0.05) is 82.9 Å². The van der Waals surface area contributed by atoms with Crippen molar-refractivity contribution in [2.75, 3.05) is 58.7 Å². The first-order chi connectivity index (χ1) is 36.7. The van der Waals surface area contributed by atoms with Gasteiger partial charge in [0.15, 0.2) is 11.3 Å². The summed E-state index contributed by atoms with van der Waals surface area (Å²) in [5.41, 5.74) is 20.6. The Hall–Kier alpha value is -5.07. The van der Waals surface area contributed by atoms with Crippen molar-refractivity contribution >= 4 is 23.0 Å². The molecule has 2 saturated carbocycles. The van der Waals surface area contributed by atoms with Gasteiger partial charge in [0.05, 0.1) is 18.5 Å². The highest BCUT2D eigenvalue weighted by molar-refractivity contribution is 5.84. The summed E-state index contributed by atoms with van der Waals surface area (Å²) in [6.07, 6.45) is 32.7. The standard InChI is InChI=1S/C29H43N7O2.C16H27NO.C14H21N5O/c1-19(2)25-18-32-36-27(25)33-29(38-24-11-13-35(3)14-12-24)34-28(36)31-17-21-6-4-5-20(15-21)16-26(37)22-7-9-23(30)10-8-22;1-12-5-7-15(8-6-12)16(18)10-13-3-2-4-14(9-13)11-17;1-10(2)12-8-16-19-9-15-14(17-13(12)19)20-11-4-6-18(3)7-5-11/h5,15,18-19,22-24H,4,6-14,16-17,30H2,1-3H3,(H,31,33,34);3,9,12,15-16,18H,2,4-8,10-11,17H2,1H3;8-11H,4-7H2,1-3H3. The molecule has 2 aliphatic heterocycles. The van der Waals surface area contributed by atoms with Crippen LogP contribution < -0.4 is 26.3 Å². The molecule has 76 heavy (non-hydrogen) atoms. The monoisotopic (exact) mass is 1050 g/mol. The number of Topliss-reactive ketones (excluding diaryl/α,β-unsaturated/α-hetero) is 1. The van der Waals surface area contributed by atoms with Crippen LogP contribution in [0.15, 0.2) is 65.3 Å². The second-order valence-electron chi connectivity index (χ2n) is 23.6. The number of nitrogens with one attached hydrogen (secondary N) is 1. The second-order valence-corrected chi connectivity index (χ2v) is 23.6. The highest BCUT2D eigenvalue weighted by Crippen LogP contribution is 2.34. The molecule has 2 saturated heterocycles. The average Bonchev–Trinajstić information content (AvgIpc) is 4.06. The Labute approximate surface area is 452 Å². The Balaban J connectivity index is 0.000000168. The van der Waals surface area contributed by atoms with Crippen molar-refractivity contribution in [3.8, 4) is 12.0 Å². The normalized spacial score (nSPS) is 23.7. The molecule has 4 aliphatic carbocycles. The summed E-state index contributed by atoms with van der Waals surface area (Å²) in [5, 5.41) is 22.7. The second kappa shape index (κ2) is 27.5. The molecule has 0 spiro atoms. The Morgan fingerprint density at radius 1 is 0.737 bits per heavy atom. The van der Waals surface area contributed by atoms with Crippen molar-refractivity contribution in [2.45, 2.75) is 186 Å². The summed E-state index contributed by atoms with van der Waals surface area (Å²) in [6.45, 7) is 16.4. The molecule has 6 aliphatic rings. The van der Waals surface area contributed by atoms with Crippen LogP contribution in [-0.4, -0.2) is 138 Å². The van der Waals surface area contributed by atoms with Gasteiger partial charge in [0.25, 0.3) is 0 Å². The van der Waals surface area contributed by atoms with Crippen LogP contribution in [0.4, 0.5) is 5.95 Å². The van der Waals surface area contributed by atoms with E-state index in [-0.39, 0.29) is 36.2 Å². The van der Waals surface area contributed by atoms with Gasteiger partial charge in [-0.15, -0.1) is 0 Å². The SMILES string of the molecule is CC(C)c1cnn2c(NCC3=CC(CC(=O)C4CCC(N)CC4)=CCC3)nc(OC3CCN(C)CC3)nc12.CC(C)c1cnn2cnc(OC3CCN(C)CC3)nc12.CC1CCC(C(O)CC2=CCCC(CN)=C2)CC1. The number of piperidine rings is 2. The Kier molecular flexibility index (Phi) is 20.7. The molecule has 10 rings (SSSR count). The van der Waals surface area contributed by atoms with E-state index < -0.39 is 0 Å². The minimum absolute atomic E-state index is 0.123. The lowest BCUT2D eigenvalue weighted by Crippen LogP contribution is -2.36. The number of carbonyl (C=O) groups is 1. The van der Waals surface area contributed by atoms with Gasteiger partial charge in [-0.3, -0.25) is 4.79 Å². The quantitative estimate of drug-likeness (QED) is 0.0824. The zero-order valence-corrected chi connectivity index (χ0v) is 47.0. The van der Waals surface area contributed by atoms with Crippen LogP contribution in [0.1, 0.15) is 173 Å². The lowest BCUT2D eigenvalue weighted by atomic mass is 9.78. The maximum Gasteiger partial charge on any atom is 0.322 e. The molecule has 1 atom stereocenters. The van der Waals surface area contributed by atoms with Gasteiger partial charge in [-0.2, -0.15) is 34.6 Å². The smallest absolute Gasteiger partial charge is 0.322 e. The number of fused-ring (bicyclic) bond motifs is 2. The molecular weight excluding hydrogens is 955 g/mol. The van der Waals surface area contributed by atoms with Crippen LogP contribution >= 0.6 is 0 Å². The highest BCUT2D eigenvalue weighted by atomic mass is 16.5. The molecule has 0 radical (unpaired) electrons. The lowest BCUT2D eigenvalue weighted by Gasteiger charge is -2.30. The van der Waals surface area contributed by atoms with E-state index in [9.17, 15) is 9.90 Å². The first-order valence-corrected chi connectivity index (χ1v) is 29.0. The van der Waals surface area contributed by atoms with Crippen molar-refractivity contribution in [2.24, 2.45) is 29.2 Å². The van der Waals surface area contributed by atoms with Crippen molar-refractivity contribution in [3.05, 3.63) is 76.4 Å². The minimum Gasteiger partial charge on any atom is -0.460 e. The Morgan fingerprint density at radius 3 is 1.96 bits per heavy atom. The summed E-state index contributed by atoms with van der Waals surface area (Å²) >= 11 is 0. The van der Waals surface area contributed by atoms with Crippen LogP contribution in [0.5, 0.6) is 12.0 Å². The van der Waals surface area contributed by atoms with Crippen LogP contribution in [-0.2, 0) is 4.79 Å². The highest BCUT2D eigenvalue weighted by Gasteiger charge is 2.28. The van der Waals surface area contributed by atoms with Crippen molar-refractivity contribution in [1.29, 1.82) is 0 Å². The first-order valence-electron chi connectivity index (χ1n) is 29.0. The number of rotatable bonds is 16. The van der Waals surface area contributed by atoms with Gasteiger partial charge in [0.2, 0.25) is 5.95 Å². The number of nitrogens with two attached hydrogens (primary N) is 2. The number of ether oxygens (including phenoxy) is 2. The predicted molar refractivity (Wildman–Crippen MR) is 302 cm³/mol. The molecule has 17 nitrogen and oxygen atoms in total. The number of likely N-dealkylation sites (tertiary alicyclic amines) is 2. The van der Waals surface area contributed by atoms with Crippen LogP contribution in [0.2, 0.25) is 0 Å². The summed E-state index contributed by atoms with van der Waals surface area (Å²) < 4.78 is 15.7. The maximum absolute atomic E-state index is 12.9. The van der Waals surface area contributed by atoms with Gasteiger partial charge in [0, 0.05) is 68.8 Å². The number of carbonyl (C=O) groups excluding carboxylic acids is 1. The fourth-order valence-corrected chi connectivity index (χ4v) is 11.5. The summed E-state index contributed by atoms with van der Waals surface area (Å²) in [4.78, 5) is 35.8. The van der Waals surface area contributed by atoms with E-state index >= 15 is 0 Å². The Bertz CT molecular complexity index is 2620. The predicted octanol–water partition coefficient (Wildman–Crippen LogP) is 9.15. The largest absolute Gasteiger partial charge is 0.460 e. The first kappa shape index (κ1) is 57.1. The average molecular weight is 1050 g/mol. The number of aliphatic hydroxyl groups is 1. The molecule has 0 bridgehead atoms. The van der Waals surface area contributed by atoms with Crippen LogP contribution in [0.25, 0.3) is 11.3 Å². The molecule has 4 aromatic heterocycles. The molecule has 0 aromatic carbocycles. The zero-order chi connectivity index (χ0) is 53.7. The van der Waals surface area contributed by atoms with Gasteiger partial charge >= 0.3 is 12.0 Å². The summed E-state index contributed by atoms with van der Waals surface area (Å²) in [5.74, 6) is 3.21. The fraction of sp³-hybridized carbons (Fsp3) is 0.678. The zero-order valence-electron chi connectivity index (χ0n) is 47.0. The molecule has 6 heterocycles. The van der Waals surface area contributed by atoms with Crippen LogP contribution in [0.3, 0.4) is 0 Å². The van der Waals surface area contributed by atoms with Gasteiger partial charge in [0.1, 0.15) is 24.3 Å². The molecule has 1 unspecified atom stereocenters. The van der Waals surface area contributed by atoms with Crippen molar-refractivity contribution < 1.29 is 19.4 Å². The van der Waals surface area contributed by atoms with E-state index in [1.54, 1.807) is 15.4 Å². The fourth-order valence-electron chi connectivity index (χ4n) is 11.5. The number of anilines is 1. The van der Waals surface area contributed by atoms with Crippen molar-refractivity contribution in [1.82, 2.24) is 49.0 Å². The van der Waals surface area contributed by atoms with Gasteiger partial charge < -0.3 is 41.2 Å². The summed E-state index contributed by atoms with van der Waals surface area (Å²) in [6, 6.07) is 1.14. The van der Waals surface area contributed by atoms with E-state index in [0.29, 0.717) is 55.1 Å². The molecule has 416 valence electrons. The number of hydrogen-bond donors (Lipinski definition) is 4. The van der Waals surface area contributed by atoms with E-state index in [1.807, 2.05) is 12.4 Å². The van der Waals surface area contributed by atoms with E-state index in [2.05, 4.69) is 108 Å². The molecular formula is C59H91N13O4. The third kappa shape index (κ3) is 16.0. The number of ketones is 1. The number of allylic oxidation sites excluding steroid dienone is 5. The van der Waals surface area contributed by atoms with E-state index in [1.165, 1.54) is 42.4 Å². The summed E-state index contributed by atoms with van der Waals surface area (Å²) in [7, 11) is 4.28. The molecule has 4 fully saturated rings. The van der Waals surface area contributed by atoms with Gasteiger partial charge in [-0.25, -0.2) is 4.52 Å². The number of aliphatic hydroxyl groups excluding tert-OH is 1. The third-order valence-corrected chi connectivity index (χ3v) is 16.7. The molecule has 0 amide bonds. The number of hydrogen-bond acceptors (Lipinski definition) is 15. The van der Waals surface area contributed by atoms with Gasteiger partial charge in [-0.05, 0) is 145 Å². The van der Waals surface area contributed by atoms with Crippen molar-refractivity contribution in [3.63, 3.8) is 0 Å². The Morgan fingerprint density at radius 2 is 1.32 bits per heavy atom. The molecule has 6 N–H and O–H groups in total. The van der Waals surface area contributed by atoms with E-state index in [0.717, 1.165) is 144 Å².